The lowest BCUT2D eigenvalue weighted by atomic mass is 10.2. The molecule has 0 aliphatic carbocycles. The number of halogens is 1. The van der Waals surface area contributed by atoms with Crippen LogP contribution in [0.5, 0.6) is 5.75 Å². The maximum Gasteiger partial charge on any atom is 0.354 e. The van der Waals surface area contributed by atoms with E-state index in [9.17, 15) is 4.79 Å². The van der Waals surface area contributed by atoms with Gasteiger partial charge in [-0.3, -0.25) is 0 Å². The fraction of sp³-hybridized carbons (Fsp3) is 0.154. The van der Waals surface area contributed by atoms with E-state index in [2.05, 4.69) is 9.97 Å². The first-order valence-corrected chi connectivity index (χ1v) is 5.99. The highest BCUT2D eigenvalue weighted by atomic mass is 35.5. The fourth-order valence-corrected chi connectivity index (χ4v) is 1.71. The van der Waals surface area contributed by atoms with Crippen molar-refractivity contribution in [1.82, 2.24) is 9.97 Å². The highest BCUT2D eigenvalue weighted by Gasteiger charge is 2.10. The van der Waals surface area contributed by atoms with Gasteiger partial charge >= 0.3 is 5.97 Å². The summed E-state index contributed by atoms with van der Waals surface area (Å²) in [6.45, 7) is 2.48. The van der Waals surface area contributed by atoms with Crippen molar-refractivity contribution in [3.8, 4) is 17.1 Å². The molecule has 19 heavy (non-hydrogen) atoms. The monoisotopic (exact) mass is 278 g/mol. The summed E-state index contributed by atoms with van der Waals surface area (Å²) in [5, 5.41) is 9.02. The standard InChI is InChI=1S/C13H11ClN2O3/c1-2-19-9-5-3-8(4-6-9)12-15-10(13(17)18)7-11(14)16-12/h3-7H,2H2,1H3,(H,17,18). The number of carbonyl (C=O) groups is 1. The lowest BCUT2D eigenvalue weighted by Crippen LogP contribution is -2.03. The number of hydrogen-bond acceptors (Lipinski definition) is 4. The molecule has 0 aliphatic rings. The first-order chi connectivity index (χ1) is 9.10. The molecule has 1 heterocycles. The number of aromatic nitrogens is 2. The van der Waals surface area contributed by atoms with Gasteiger partial charge in [0.1, 0.15) is 10.9 Å². The lowest BCUT2D eigenvalue weighted by Gasteiger charge is -2.05. The Balaban J connectivity index is 2.38. The van der Waals surface area contributed by atoms with Gasteiger partial charge < -0.3 is 9.84 Å². The van der Waals surface area contributed by atoms with E-state index in [0.717, 1.165) is 5.75 Å². The third-order valence-corrected chi connectivity index (χ3v) is 2.53. The second-order valence-electron chi connectivity index (χ2n) is 3.66. The van der Waals surface area contributed by atoms with Crippen molar-refractivity contribution in [3.05, 3.63) is 41.2 Å². The van der Waals surface area contributed by atoms with E-state index < -0.39 is 5.97 Å². The van der Waals surface area contributed by atoms with Crippen molar-refractivity contribution in [3.63, 3.8) is 0 Å². The number of aromatic carboxylic acids is 1. The highest BCUT2D eigenvalue weighted by molar-refractivity contribution is 6.29. The smallest absolute Gasteiger partial charge is 0.354 e. The molecule has 2 aromatic rings. The molecule has 5 nitrogen and oxygen atoms in total. The molecule has 0 radical (unpaired) electrons. The van der Waals surface area contributed by atoms with Gasteiger partial charge in [0.2, 0.25) is 0 Å². The van der Waals surface area contributed by atoms with Crippen molar-refractivity contribution in [1.29, 1.82) is 0 Å². The normalized spacial score (nSPS) is 10.2. The van der Waals surface area contributed by atoms with E-state index in [1.165, 1.54) is 6.07 Å². The molecule has 1 N–H and O–H groups in total. The van der Waals surface area contributed by atoms with Crippen LogP contribution >= 0.6 is 11.6 Å². The number of nitrogens with zero attached hydrogens (tertiary/aromatic N) is 2. The summed E-state index contributed by atoms with van der Waals surface area (Å²) >= 11 is 5.79. The summed E-state index contributed by atoms with van der Waals surface area (Å²) < 4.78 is 5.32. The van der Waals surface area contributed by atoms with Gasteiger partial charge in [0, 0.05) is 11.6 Å². The molecular weight excluding hydrogens is 268 g/mol. The first-order valence-electron chi connectivity index (χ1n) is 5.61. The quantitative estimate of drug-likeness (QED) is 0.871. The summed E-state index contributed by atoms with van der Waals surface area (Å²) in [4.78, 5) is 18.9. The highest BCUT2D eigenvalue weighted by Crippen LogP contribution is 2.21. The van der Waals surface area contributed by atoms with E-state index >= 15 is 0 Å². The van der Waals surface area contributed by atoms with Gasteiger partial charge in [-0.2, -0.15) is 0 Å². The third-order valence-electron chi connectivity index (χ3n) is 2.34. The van der Waals surface area contributed by atoms with E-state index in [1.807, 2.05) is 6.92 Å². The van der Waals surface area contributed by atoms with Gasteiger partial charge in [0.15, 0.2) is 11.5 Å². The van der Waals surface area contributed by atoms with Gasteiger partial charge in [-0.05, 0) is 31.2 Å². The number of rotatable bonds is 4. The largest absolute Gasteiger partial charge is 0.494 e. The summed E-state index contributed by atoms with van der Waals surface area (Å²) in [5.74, 6) is -0.142. The van der Waals surface area contributed by atoms with Crippen molar-refractivity contribution < 1.29 is 14.6 Å². The van der Waals surface area contributed by atoms with Crippen LogP contribution in [0.3, 0.4) is 0 Å². The van der Waals surface area contributed by atoms with Crippen LogP contribution in [0.25, 0.3) is 11.4 Å². The Labute approximate surface area is 114 Å². The predicted octanol–water partition coefficient (Wildman–Crippen LogP) is 2.89. The fourth-order valence-electron chi connectivity index (χ4n) is 1.52. The minimum absolute atomic E-state index is 0.0938. The van der Waals surface area contributed by atoms with Gasteiger partial charge in [0.05, 0.1) is 6.61 Å². The third kappa shape index (κ3) is 3.20. The Morgan fingerprint density at radius 2 is 2.00 bits per heavy atom. The molecule has 0 aliphatic heterocycles. The molecule has 0 amide bonds. The number of carboxylic acids is 1. The molecule has 0 atom stereocenters. The zero-order chi connectivity index (χ0) is 13.8. The Kier molecular flexibility index (Phi) is 3.97. The van der Waals surface area contributed by atoms with Gasteiger partial charge in [0.25, 0.3) is 0 Å². The minimum atomic E-state index is -1.14. The molecule has 98 valence electrons. The summed E-state index contributed by atoms with van der Waals surface area (Å²) in [6, 6.07) is 8.25. The zero-order valence-electron chi connectivity index (χ0n) is 10.1. The molecule has 0 fully saturated rings. The molecule has 1 aromatic carbocycles. The molecule has 0 saturated carbocycles. The van der Waals surface area contributed by atoms with Crippen LogP contribution in [0, 0.1) is 0 Å². The zero-order valence-corrected chi connectivity index (χ0v) is 10.9. The van der Waals surface area contributed by atoms with Crippen molar-refractivity contribution in [2.75, 3.05) is 6.61 Å². The van der Waals surface area contributed by atoms with Crippen LogP contribution in [-0.4, -0.2) is 27.7 Å². The van der Waals surface area contributed by atoms with Crippen LogP contribution in [-0.2, 0) is 0 Å². The number of hydrogen-bond donors (Lipinski definition) is 1. The van der Waals surface area contributed by atoms with Gasteiger partial charge in [-0.1, -0.05) is 11.6 Å². The SMILES string of the molecule is CCOc1ccc(-c2nc(Cl)cc(C(=O)O)n2)cc1. The second-order valence-corrected chi connectivity index (χ2v) is 4.05. The van der Waals surface area contributed by atoms with E-state index in [1.54, 1.807) is 24.3 Å². The van der Waals surface area contributed by atoms with Gasteiger partial charge in [-0.15, -0.1) is 0 Å². The lowest BCUT2D eigenvalue weighted by molar-refractivity contribution is 0.0690. The molecule has 0 spiro atoms. The topological polar surface area (TPSA) is 72.3 Å². The average molecular weight is 279 g/mol. The molecular formula is C13H11ClN2O3. The van der Waals surface area contributed by atoms with Crippen LogP contribution in [0.1, 0.15) is 17.4 Å². The Hall–Kier alpha value is -2.14. The van der Waals surface area contributed by atoms with Crippen molar-refractivity contribution >= 4 is 17.6 Å². The summed E-state index contributed by atoms with van der Waals surface area (Å²) in [7, 11) is 0. The molecule has 6 heteroatoms. The predicted molar refractivity (Wildman–Crippen MR) is 70.6 cm³/mol. The average Bonchev–Trinajstić information content (AvgIpc) is 2.39. The Morgan fingerprint density at radius 3 is 2.58 bits per heavy atom. The molecule has 1 aromatic heterocycles. The molecule has 2 rings (SSSR count). The number of ether oxygens (including phenoxy) is 1. The van der Waals surface area contributed by atoms with Crippen LogP contribution in [0.2, 0.25) is 5.15 Å². The minimum Gasteiger partial charge on any atom is -0.494 e. The number of benzene rings is 1. The first kappa shape index (κ1) is 13.3. The van der Waals surface area contributed by atoms with E-state index in [0.29, 0.717) is 12.2 Å². The Bertz CT molecular complexity index is 599. The van der Waals surface area contributed by atoms with Crippen LogP contribution in [0.15, 0.2) is 30.3 Å². The van der Waals surface area contributed by atoms with E-state index in [4.69, 9.17) is 21.4 Å². The molecule has 0 saturated heterocycles. The number of carboxylic acid groups (broad SMARTS) is 1. The van der Waals surface area contributed by atoms with Gasteiger partial charge in [-0.25, -0.2) is 14.8 Å². The van der Waals surface area contributed by atoms with Crippen LogP contribution in [0.4, 0.5) is 0 Å². The summed E-state index contributed by atoms with van der Waals surface area (Å²) in [6.07, 6.45) is 0. The summed E-state index contributed by atoms with van der Waals surface area (Å²) in [5.41, 5.74) is 0.539. The second kappa shape index (κ2) is 5.67. The Morgan fingerprint density at radius 1 is 1.32 bits per heavy atom. The molecule has 0 unspecified atom stereocenters. The van der Waals surface area contributed by atoms with Crippen molar-refractivity contribution in [2.24, 2.45) is 0 Å². The maximum atomic E-state index is 10.9. The van der Waals surface area contributed by atoms with Crippen molar-refractivity contribution in [2.45, 2.75) is 6.92 Å². The van der Waals surface area contributed by atoms with E-state index in [-0.39, 0.29) is 16.7 Å². The van der Waals surface area contributed by atoms with Crippen LogP contribution < -0.4 is 4.74 Å². The molecule has 0 bridgehead atoms. The maximum absolute atomic E-state index is 10.9.